The van der Waals surface area contributed by atoms with Gasteiger partial charge >= 0.3 is 0 Å². The monoisotopic (exact) mass is 244 g/mol. The van der Waals surface area contributed by atoms with Gasteiger partial charge in [0, 0.05) is 13.2 Å². The Balaban J connectivity index is 1.81. The molecule has 0 fully saturated rings. The van der Waals surface area contributed by atoms with E-state index in [1.165, 1.54) is 16.7 Å². The first-order chi connectivity index (χ1) is 8.63. The number of aliphatic hydroxyl groups is 1. The number of benzene rings is 1. The summed E-state index contributed by atoms with van der Waals surface area (Å²) in [6, 6.07) is 8.34. The third-order valence-electron chi connectivity index (χ3n) is 3.12. The topological polar surface area (TPSA) is 38.1 Å². The predicted molar refractivity (Wildman–Crippen MR) is 72.4 cm³/mol. The Morgan fingerprint density at radius 3 is 2.56 bits per heavy atom. The van der Waals surface area contributed by atoms with Crippen LogP contribution in [0.4, 0.5) is 0 Å². The first-order valence-corrected chi connectivity index (χ1v) is 6.34. The number of hydrogen-bond donors (Lipinski definition) is 1. The fraction of sp³-hybridized carbons (Fsp3) is 0.400. The number of aromatic nitrogens is 2. The molecule has 1 aromatic heterocycles. The van der Waals surface area contributed by atoms with E-state index in [-0.39, 0.29) is 6.10 Å². The zero-order valence-electron chi connectivity index (χ0n) is 11.0. The Hall–Kier alpha value is -1.61. The standard InChI is InChI=1S/C15H20N2O/c1-12-3-5-13(6-4-12)9-15(18)8-7-14-10-16-17(2)11-14/h3-6,10-11,15,18H,7-9H2,1-2H3. The second kappa shape index (κ2) is 5.83. The van der Waals surface area contributed by atoms with E-state index in [4.69, 9.17) is 0 Å². The Bertz CT molecular complexity index is 487. The smallest absolute Gasteiger partial charge is 0.0583 e. The number of rotatable bonds is 5. The lowest BCUT2D eigenvalue weighted by Crippen LogP contribution is -2.11. The van der Waals surface area contributed by atoms with Crippen molar-refractivity contribution in [3.63, 3.8) is 0 Å². The summed E-state index contributed by atoms with van der Waals surface area (Å²) < 4.78 is 1.79. The number of hydrogen-bond acceptors (Lipinski definition) is 2. The van der Waals surface area contributed by atoms with Crippen LogP contribution in [0.15, 0.2) is 36.7 Å². The highest BCUT2D eigenvalue weighted by Gasteiger charge is 2.06. The Morgan fingerprint density at radius 2 is 1.94 bits per heavy atom. The molecule has 1 N–H and O–H groups in total. The highest BCUT2D eigenvalue weighted by Crippen LogP contribution is 2.10. The molecule has 2 aromatic rings. The SMILES string of the molecule is Cc1ccc(CC(O)CCc2cnn(C)c2)cc1. The summed E-state index contributed by atoms with van der Waals surface area (Å²) in [7, 11) is 1.91. The summed E-state index contributed by atoms with van der Waals surface area (Å²) >= 11 is 0. The van der Waals surface area contributed by atoms with Crippen LogP contribution in [0.2, 0.25) is 0 Å². The van der Waals surface area contributed by atoms with Crippen molar-refractivity contribution in [3.05, 3.63) is 53.3 Å². The number of nitrogens with zero attached hydrogens (tertiary/aromatic N) is 2. The van der Waals surface area contributed by atoms with Gasteiger partial charge < -0.3 is 5.11 Å². The van der Waals surface area contributed by atoms with Gasteiger partial charge in [-0.2, -0.15) is 5.10 Å². The van der Waals surface area contributed by atoms with Crippen molar-refractivity contribution >= 4 is 0 Å². The minimum absolute atomic E-state index is 0.284. The molecule has 0 aliphatic rings. The van der Waals surface area contributed by atoms with Gasteiger partial charge in [-0.25, -0.2) is 0 Å². The van der Waals surface area contributed by atoms with Crippen molar-refractivity contribution in [3.8, 4) is 0 Å². The molecular weight excluding hydrogens is 224 g/mol. The highest BCUT2D eigenvalue weighted by molar-refractivity contribution is 5.21. The molecule has 1 aromatic carbocycles. The lowest BCUT2D eigenvalue weighted by atomic mass is 10.0. The lowest BCUT2D eigenvalue weighted by molar-refractivity contribution is 0.165. The molecule has 2 rings (SSSR count). The fourth-order valence-corrected chi connectivity index (χ4v) is 2.03. The normalized spacial score (nSPS) is 12.6. The Morgan fingerprint density at radius 1 is 1.22 bits per heavy atom. The van der Waals surface area contributed by atoms with E-state index in [0.717, 1.165) is 19.3 Å². The van der Waals surface area contributed by atoms with Crippen LogP contribution in [0.25, 0.3) is 0 Å². The maximum Gasteiger partial charge on any atom is 0.0583 e. The molecule has 96 valence electrons. The van der Waals surface area contributed by atoms with Crippen LogP contribution in [-0.4, -0.2) is 21.0 Å². The summed E-state index contributed by atoms with van der Waals surface area (Å²) in [4.78, 5) is 0. The van der Waals surface area contributed by atoms with Gasteiger partial charge in [-0.05, 0) is 37.3 Å². The molecule has 3 nitrogen and oxygen atoms in total. The second-order valence-electron chi connectivity index (χ2n) is 4.90. The fourth-order valence-electron chi connectivity index (χ4n) is 2.03. The van der Waals surface area contributed by atoms with Crippen LogP contribution in [0.3, 0.4) is 0 Å². The minimum Gasteiger partial charge on any atom is -0.393 e. The van der Waals surface area contributed by atoms with Crippen LogP contribution in [0.5, 0.6) is 0 Å². The largest absolute Gasteiger partial charge is 0.393 e. The van der Waals surface area contributed by atoms with E-state index in [1.807, 2.05) is 19.4 Å². The molecule has 18 heavy (non-hydrogen) atoms. The molecule has 3 heteroatoms. The molecule has 0 radical (unpaired) electrons. The lowest BCUT2D eigenvalue weighted by Gasteiger charge is -2.10. The summed E-state index contributed by atoms with van der Waals surface area (Å²) in [5.74, 6) is 0. The average molecular weight is 244 g/mol. The van der Waals surface area contributed by atoms with E-state index in [2.05, 4.69) is 36.3 Å². The zero-order valence-corrected chi connectivity index (χ0v) is 11.0. The summed E-state index contributed by atoms with van der Waals surface area (Å²) in [6.45, 7) is 2.07. The molecule has 0 saturated carbocycles. The third-order valence-corrected chi connectivity index (χ3v) is 3.12. The van der Waals surface area contributed by atoms with Gasteiger partial charge in [0.2, 0.25) is 0 Å². The quantitative estimate of drug-likeness (QED) is 0.876. The van der Waals surface area contributed by atoms with Crippen LogP contribution in [0.1, 0.15) is 23.1 Å². The van der Waals surface area contributed by atoms with Gasteiger partial charge in [0.1, 0.15) is 0 Å². The Labute approximate surface area is 108 Å². The van der Waals surface area contributed by atoms with Gasteiger partial charge in [-0.3, -0.25) is 4.68 Å². The average Bonchev–Trinajstić information content (AvgIpc) is 2.76. The van der Waals surface area contributed by atoms with Crippen LogP contribution in [0, 0.1) is 6.92 Å². The molecule has 0 amide bonds. The van der Waals surface area contributed by atoms with E-state index in [0.29, 0.717) is 0 Å². The second-order valence-corrected chi connectivity index (χ2v) is 4.90. The molecule has 1 heterocycles. The van der Waals surface area contributed by atoms with Crippen molar-refractivity contribution in [1.29, 1.82) is 0 Å². The molecule has 1 unspecified atom stereocenters. The van der Waals surface area contributed by atoms with Crippen molar-refractivity contribution in [2.75, 3.05) is 0 Å². The van der Waals surface area contributed by atoms with Crippen molar-refractivity contribution in [1.82, 2.24) is 9.78 Å². The van der Waals surface area contributed by atoms with Crippen molar-refractivity contribution < 1.29 is 5.11 Å². The van der Waals surface area contributed by atoms with E-state index in [9.17, 15) is 5.11 Å². The van der Waals surface area contributed by atoms with Gasteiger partial charge in [0.15, 0.2) is 0 Å². The highest BCUT2D eigenvalue weighted by atomic mass is 16.3. The summed E-state index contributed by atoms with van der Waals surface area (Å²) in [6.07, 6.45) is 5.95. The molecule has 0 saturated heterocycles. The van der Waals surface area contributed by atoms with Crippen molar-refractivity contribution in [2.24, 2.45) is 7.05 Å². The van der Waals surface area contributed by atoms with E-state index < -0.39 is 0 Å². The summed E-state index contributed by atoms with van der Waals surface area (Å²) in [5, 5.41) is 14.1. The van der Waals surface area contributed by atoms with E-state index >= 15 is 0 Å². The van der Waals surface area contributed by atoms with Crippen LogP contribution >= 0.6 is 0 Å². The number of aryl methyl sites for hydroxylation is 3. The molecule has 0 aliphatic heterocycles. The van der Waals surface area contributed by atoms with Gasteiger partial charge in [-0.15, -0.1) is 0 Å². The Kier molecular flexibility index (Phi) is 4.15. The first-order valence-electron chi connectivity index (χ1n) is 6.34. The van der Waals surface area contributed by atoms with Crippen LogP contribution < -0.4 is 0 Å². The predicted octanol–water partition coefficient (Wildman–Crippen LogP) is 2.26. The molecule has 0 bridgehead atoms. The van der Waals surface area contributed by atoms with Gasteiger partial charge in [0.05, 0.1) is 12.3 Å². The van der Waals surface area contributed by atoms with Gasteiger partial charge in [0.25, 0.3) is 0 Å². The van der Waals surface area contributed by atoms with Crippen LogP contribution in [-0.2, 0) is 19.9 Å². The molecular formula is C15H20N2O. The van der Waals surface area contributed by atoms with E-state index in [1.54, 1.807) is 4.68 Å². The number of aliphatic hydroxyl groups excluding tert-OH is 1. The maximum atomic E-state index is 10.0. The maximum absolute atomic E-state index is 10.0. The zero-order chi connectivity index (χ0) is 13.0. The van der Waals surface area contributed by atoms with Gasteiger partial charge in [-0.1, -0.05) is 29.8 Å². The van der Waals surface area contributed by atoms with Crippen molar-refractivity contribution in [2.45, 2.75) is 32.3 Å². The molecule has 0 aliphatic carbocycles. The third kappa shape index (κ3) is 3.70. The first kappa shape index (κ1) is 12.8. The summed E-state index contributed by atoms with van der Waals surface area (Å²) in [5.41, 5.74) is 3.63. The molecule has 0 spiro atoms. The molecule has 1 atom stereocenters. The minimum atomic E-state index is -0.284.